The first-order valence-electron chi connectivity index (χ1n) is 14.6. The molecular formula is C36H36F3NO6S2. The van der Waals surface area contributed by atoms with Gasteiger partial charge >= 0.3 is 6.18 Å². The van der Waals surface area contributed by atoms with Gasteiger partial charge in [0, 0.05) is 12.6 Å². The van der Waals surface area contributed by atoms with Crippen LogP contribution in [-0.2, 0) is 26.4 Å². The molecule has 0 saturated carbocycles. The zero-order valence-corrected chi connectivity index (χ0v) is 28.0. The number of fused-ring (bicyclic) bond motifs is 1. The lowest BCUT2D eigenvalue weighted by Gasteiger charge is -2.15. The first kappa shape index (κ1) is 38.1. The van der Waals surface area contributed by atoms with Gasteiger partial charge in [0.1, 0.15) is 0 Å². The highest BCUT2D eigenvalue weighted by Crippen LogP contribution is 2.30. The summed E-state index contributed by atoms with van der Waals surface area (Å²) in [5.41, 5.74) is 3.03. The number of rotatable bonds is 7. The first-order chi connectivity index (χ1) is 22.4. The molecule has 0 bridgehead atoms. The topological polar surface area (TPSA) is 121 Å². The Labute approximate surface area is 279 Å². The van der Waals surface area contributed by atoms with Gasteiger partial charge in [-0.05, 0) is 79.1 Å². The molecule has 0 radical (unpaired) electrons. The molecule has 0 heterocycles. The van der Waals surface area contributed by atoms with Crippen LogP contribution in [0.25, 0.3) is 16.8 Å². The van der Waals surface area contributed by atoms with Crippen molar-refractivity contribution in [1.82, 2.24) is 5.32 Å². The van der Waals surface area contributed by atoms with Gasteiger partial charge in [-0.1, -0.05) is 102 Å². The van der Waals surface area contributed by atoms with Crippen molar-refractivity contribution in [2.75, 3.05) is 6.54 Å². The molecule has 0 unspecified atom stereocenters. The van der Waals surface area contributed by atoms with Crippen molar-refractivity contribution in [3.05, 3.63) is 149 Å². The Hall–Kier alpha value is -4.33. The number of hydrogen-bond donors (Lipinski definition) is 3. The maximum Gasteiger partial charge on any atom is 0.416 e. The molecule has 12 heteroatoms. The Balaban J connectivity index is 0.000000233. The summed E-state index contributed by atoms with van der Waals surface area (Å²) in [6.07, 6.45) is -0.764. The SMILES string of the molecule is C[C@@H](NCC=Cc1cccc(C(F)(F)F)c1)c1cccc2ccccc12.Cc1ccc(S(=O)(=O)O)cc1.Cc1ccc(S(=O)(=O)O)cc1. The van der Waals surface area contributed by atoms with Crippen LogP contribution in [0.4, 0.5) is 13.2 Å². The molecule has 0 amide bonds. The van der Waals surface area contributed by atoms with Crippen LogP contribution in [0.1, 0.15) is 40.8 Å². The van der Waals surface area contributed by atoms with Crippen molar-refractivity contribution in [2.24, 2.45) is 0 Å². The largest absolute Gasteiger partial charge is 0.416 e. The van der Waals surface area contributed by atoms with Gasteiger partial charge in [-0.15, -0.1) is 0 Å². The van der Waals surface area contributed by atoms with E-state index >= 15 is 0 Å². The standard InChI is InChI=1S/C22H20F3N.2C7H8O3S/c1-16(20-13-5-10-18-9-2-3-12-21(18)20)26-14-6-8-17-7-4-11-19(15-17)22(23,24)25;2*1-6-2-4-7(5-3-6)11(8,9)10/h2-13,15-16,26H,14H2,1H3;2*2-5H,1H3,(H,8,9,10)/t16-;;/m1../s1. The summed E-state index contributed by atoms with van der Waals surface area (Å²) < 4.78 is 97.3. The second-order valence-electron chi connectivity index (χ2n) is 10.8. The predicted molar refractivity (Wildman–Crippen MR) is 183 cm³/mol. The van der Waals surface area contributed by atoms with E-state index < -0.39 is 32.0 Å². The number of benzene rings is 5. The van der Waals surface area contributed by atoms with Crippen molar-refractivity contribution in [2.45, 2.75) is 42.8 Å². The van der Waals surface area contributed by atoms with Gasteiger partial charge in [-0.2, -0.15) is 30.0 Å². The molecule has 5 aromatic carbocycles. The third-order valence-corrected chi connectivity index (χ3v) is 8.73. The van der Waals surface area contributed by atoms with Gasteiger partial charge in [0.2, 0.25) is 0 Å². The minimum absolute atomic E-state index is 0.0666. The molecule has 0 aromatic heterocycles. The average molecular weight is 700 g/mol. The van der Waals surface area contributed by atoms with Gasteiger partial charge in [0.05, 0.1) is 15.4 Å². The van der Waals surface area contributed by atoms with Crippen molar-refractivity contribution >= 4 is 37.1 Å². The van der Waals surface area contributed by atoms with Crippen LogP contribution in [-0.4, -0.2) is 32.5 Å². The number of hydrogen-bond acceptors (Lipinski definition) is 5. The second kappa shape index (κ2) is 16.7. The van der Waals surface area contributed by atoms with Crippen molar-refractivity contribution in [3.63, 3.8) is 0 Å². The molecular weight excluding hydrogens is 664 g/mol. The summed E-state index contributed by atoms with van der Waals surface area (Å²) in [5.74, 6) is 0. The Kier molecular flexibility index (Phi) is 13.2. The Morgan fingerprint density at radius 1 is 0.708 bits per heavy atom. The van der Waals surface area contributed by atoms with E-state index in [-0.39, 0.29) is 15.8 Å². The molecule has 0 fully saturated rings. The van der Waals surface area contributed by atoms with Crippen LogP contribution >= 0.6 is 0 Å². The molecule has 254 valence electrons. The van der Waals surface area contributed by atoms with Gasteiger partial charge < -0.3 is 5.32 Å². The van der Waals surface area contributed by atoms with Gasteiger partial charge in [-0.3, -0.25) is 9.11 Å². The number of aryl methyl sites for hydroxylation is 2. The van der Waals surface area contributed by atoms with Gasteiger partial charge in [0.25, 0.3) is 20.2 Å². The fraction of sp³-hybridized carbons (Fsp3) is 0.167. The Morgan fingerprint density at radius 3 is 1.73 bits per heavy atom. The quantitative estimate of drug-likeness (QED) is 0.145. The molecule has 5 rings (SSSR count). The third-order valence-electron chi connectivity index (χ3n) is 6.99. The summed E-state index contributed by atoms with van der Waals surface area (Å²) in [6.45, 7) is 6.34. The lowest BCUT2D eigenvalue weighted by atomic mass is 10.00. The molecule has 3 N–H and O–H groups in total. The summed E-state index contributed by atoms with van der Waals surface area (Å²) in [7, 11) is -8.04. The monoisotopic (exact) mass is 699 g/mol. The second-order valence-corrected chi connectivity index (χ2v) is 13.6. The minimum Gasteiger partial charge on any atom is -0.307 e. The van der Waals surface area contributed by atoms with Crippen molar-refractivity contribution < 1.29 is 39.1 Å². The van der Waals surface area contributed by atoms with Crippen LogP contribution < -0.4 is 5.32 Å². The molecule has 0 saturated heterocycles. The van der Waals surface area contributed by atoms with Crippen LogP contribution in [0.15, 0.2) is 131 Å². The maximum atomic E-state index is 12.7. The zero-order valence-electron chi connectivity index (χ0n) is 26.4. The van der Waals surface area contributed by atoms with E-state index in [2.05, 4.69) is 36.5 Å². The maximum absolute atomic E-state index is 12.7. The smallest absolute Gasteiger partial charge is 0.307 e. The van der Waals surface area contributed by atoms with Crippen molar-refractivity contribution in [3.8, 4) is 0 Å². The fourth-order valence-corrected chi connectivity index (χ4v) is 5.38. The Bertz CT molecular complexity index is 1970. The van der Waals surface area contributed by atoms with E-state index in [1.807, 2.05) is 38.1 Å². The molecule has 0 spiro atoms. The zero-order chi connectivity index (χ0) is 35.5. The molecule has 1 atom stereocenters. The van der Waals surface area contributed by atoms with Gasteiger partial charge in [-0.25, -0.2) is 0 Å². The molecule has 0 aliphatic carbocycles. The van der Waals surface area contributed by atoms with E-state index in [0.717, 1.165) is 23.3 Å². The van der Waals surface area contributed by atoms with Crippen LogP contribution in [0.5, 0.6) is 0 Å². The summed E-state index contributed by atoms with van der Waals surface area (Å²) in [4.78, 5) is -0.133. The highest BCUT2D eigenvalue weighted by molar-refractivity contribution is 7.86. The van der Waals surface area contributed by atoms with Crippen LogP contribution in [0.3, 0.4) is 0 Å². The molecule has 48 heavy (non-hydrogen) atoms. The predicted octanol–water partition coefficient (Wildman–Crippen LogP) is 8.71. The van der Waals surface area contributed by atoms with Crippen LogP contribution in [0.2, 0.25) is 0 Å². The van der Waals surface area contributed by atoms with Crippen LogP contribution in [0, 0.1) is 13.8 Å². The Morgan fingerprint density at radius 2 is 1.21 bits per heavy atom. The van der Waals surface area contributed by atoms with E-state index in [9.17, 15) is 30.0 Å². The number of halogens is 3. The van der Waals surface area contributed by atoms with Gasteiger partial charge in [0.15, 0.2) is 0 Å². The lowest BCUT2D eigenvalue weighted by Crippen LogP contribution is -2.18. The van der Waals surface area contributed by atoms with E-state index in [0.29, 0.717) is 12.1 Å². The highest BCUT2D eigenvalue weighted by Gasteiger charge is 2.30. The average Bonchev–Trinajstić information content (AvgIpc) is 3.03. The summed E-state index contributed by atoms with van der Waals surface area (Å²) >= 11 is 0. The van der Waals surface area contributed by atoms with E-state index in [4.69, 9.17) is 9.11 Å². The van der Waals surface area contributed by atoms with Crippen molar-refractivity contribution in [1.29, 1.82) is 0 Å². The molecule has 7 nitrogen and oxygen atoms in total. The number of alkyl halides is 3. The highest BCUT2D eigenvalue weighted by atomic mass is 32.2. The van der Waals surface area contributed by atoms with E-state index in [1.54, 1.807) is 36.4 Å². The molecule has 0 aliphatic heterocycles. The first-order valence-corrected chi connectivity index (χ1v) is 17.5. The normalized spacial score (nSPS) is 12.5. The number of nitrogens with one attached hydrogen (secondary N) is 1. The minimum atomic E-state index is -4.31. The molecule has 5 aromatic rings. The fourth-order valence-electron chi connectivity index (χ4n) is 4.42. The van der Waals surface area contributed by atoms with E-state index in [1.165, 1.54) is 46.7 Å². The summed E-state index contributed by atoms with van der Waals surface area (Å²) in [5, 5.41) is 5.80. The third kappa shape index (κ3) is 12.0. The molecule has 0 aliphatic rings. The lowest BCUT2D eigenvalue weighted by molar-refractivity contribution is -0.137. The summed E-state index contributed by atoms with van der Waals surface area (Å²) in [6, 6.07) is 31.9.